The fourth-order valence-corrected chi connectivity index (χ4v) is 2.95. The molecule has 3 nitrogen and oxygen atoms in total. The van der Waals surface area contributed by atoms with Gasteiger partial charge in [-0.05, 0) is 46.8 Å². The number of rotatable bonds is 1. The lowest BCUT2D eigenvalue weighted by molar-refractivity contribution is 0.401. The molecule has 88 valence electrons. The molecule has 0 bridgehead atoms. The van der Waals surface area contributed by atoms with Crippen molar-refractivity contribution in [1.29, 1.82) is 0 Å². The Balaban J connectivity index is 2.13. The third kappa shape index (κ3) is 1.90. The molecule has 0 aliphatic carbocycles. The molecule has 0 saturated heterocycles. The van der Waals surface area contributed by atoms with Gasteiger partial charge in [-0.25, -0.2) is 4.98 Å². The maximum absolute atomic E-state index is 4.61. The van der Waals surface area contributed by atoms with Gasteiger partial charge in [0.05, 0.1) is 5.69 Å². The van der Waals surface area contributed by atoms with E-state index in [1.165, 1.54) is 12.1 Å². The van der Waals surface area contributed by atoms with E-state index < -0.39 is 0 Å². The molecular weight excluding hydrogens is 278 g/mol. The Kier molecular flexibility index (Phi) is 2.74. The Bertz CT molecular complexity index is 533. The van der Waals surface area contributed by atoms with Crippen molar-refractivity contribution in [2.24, 2.45) is 5.92 Å². The molecule has 2 aromatic rings. The van der Waals surface area contributed by atoms with Gasteiger partial charge in [0.1, 0.15) is 10.3 Å². The first-order chi connectivity index (χ1) is 8.25. The third-order valence-electron chi connectivity index (χ3n) is 3.29. The Morgan fingerprint density at radius 2 is 2.29 bits per heavy atom. The third-order valence-corrected chi connectivity index (χ3v) is 3.92. The first kappa shape index (κ1) is 11.0. The van der Waals surface area contributed by atoms with E-state index in [4.69, 9.17) is 0 Å². The van der Waals surface area contributed by atoms with E-state index in [1.807, 2.05) is 24.4 Å². The van der Waals surface area contributed by atoms with Gasteiger partial charge in [0.15, 0.2) is 5.82 Å². The Labute approximate surface area is 109 Å². The van der Waals surface area contributed by atoms with E-state index in [2.05, 4.69) is 37.4 Å². The van der Waals surface area contributed by atoms with Crippen LogP contribution in [0.25, 0.3) is 11.5 Å². The van der Waals surface area contributed by atoms with E-state index in [0.717, 1.165) is 29.1 Å². The molecule has 3 heterocycles. The molecule has 0 radical (unpaired) electrons. The van der Waals surface area contributed by atoms with Crippen LogP contribution in [0.2, 0.25) is 0 Å². The predicted octanol–water partition coefficient (Wildman–Crippen LogP) is 3.29. The molecule has 4 heteroatoms. The molecule has 17 heavy (non-hydrogen) atoms. The number of halogens is 1. The molecule has 3 rings (SSSR count). The quantitative estimate of drug-likeness (QED) is 0.807. The summed E-state index contributed by atoms with van der Waals surface area (Å²) in [6.07, 6.45) is 4.16. The molecule has 1 aliphatic rings. The monoisotopic (exact) mass is 291 g/mol. The zero-order chi connectivity index (χ0) is 11.8. The van der Waals surface area contributed by atoms with Crippen LogP contribution in [0.15, 0.2) is 29.0 Å². The van der Waals surface area contributed by atoms with Gasteiger partial charge in [-0.15, -0.1) is 0 Å². The first-order valence-corrected chi connectivity index (χ1v) is 6.71. The standard InChI is InChI=1S/C13H14BrN3/c1-9-5-6-11-12(14)16-13(17(11)8-9)10-4-2-3-7-15-10/h2-4,7,9H,5-6,8H2,1H3. The molecular formula is C13H14BrN3. The Morgan fingerprint density at radius 3 is 3.06 bits per heavy atom. The van der Waals surface area contributed by atoms with Gasteiger partial charge in [0.25, 0.3) is 0 Å². The van der Waals surface area contributed by atoms with E-state index >= 15 is 0 Å². The van der Waals surface area contributed by atoms with Gasteiger partial charge in [-0.3, -0.25) is 4.98 Å². The van der Waals surface area contributed by atoms with Crippen LogP contribution >= 0.6 is 15.9 Å². The maximum Gasteiger partial charge on any atom is 0.160 e. The predicted molar refractivity (Wildman–Crippen MR) is 70.6 cm³/mol. The van der Waals surface area contributed by atoms with Crippen molar-refractivity contribution in [1.82, 2.24) is 14.5 Å². The van der Waals surface area contributed by atoms with Crippen molar-refractivity contribution in [3.05, 3.63) is 34.7 Å². The summed E-state index contributed by atoms with van der Waals surface area (Å²) in [5, 5.41) is 0. The molecule has 1 aliphatic heterocycles. The van der Waals surface area contributed by atoms with Crippen molar-refractivity contribution in [2.75, 3.05) is 0 Å². The number of aromatic nitrogens is 3. The molecule has 0 N–H and O–H groups in total. The molecule has 1 unspecified atom stereocenters. The molecule has 2 aromatic heterocycles. The number of hydrogen-bond acceptors (Lipinski definition) is 2. The van der Waals surface area contributed by atoms with Crippen molar-refractivity contribution >= 4 is 15.9 Å². The van der Waals surface area contributed by atoms with Gasteiger partial charge in [-0.1, -0.05) is 13.0 Å². The number of pyridine rings is 1. The summed E-state index contributed by atoms with van der Waals surface area (Å²) in [5.74, 6) is 1.70. The van der Waals surface area contributed by atoms with Gasteiger partial charge < -0.3 is 4.57 Å². The molecule has 0 fully saturated rings. The Morgan fingerprint density at radius 1 is 1.41 bits per heavy atom. The van der Waals surface area contributed by atoms with E-state index in [1.54, 1.807) is 0 Å². The van der Waals surface area contributed by atoms with Crippen molar-refractivity contribution < 1.29 is 0 Å². The molecule has 1 atom stereocenters. The second-order valence-electron chi connectivity index (χ2n) is 4.64. The topological polar surface area (TPSA) is 30.7 Å². The minimum Gasteiger partial charge on any atom is -0.325 e. The number of imidazole rings is 1. The second kappa shape index (κ2) is 4.26. The fourth-order valence-electron chi connectivity index (χ4n) is 2.37. The van der Waals surface area contributed by atoms with Crippen LogP contribution in [-0.4, -0.2) is 14.5 Å². The average Bonchev–Trinajstić information content (AvgIpc) is 2.67. The summed E-state index contributed by atoms with van der Waals surface area (Å²) in [7, 11) is 0. The van der Waals surface area contributed by atoms with Crippen LogP contribution in [0, 0.1) is 5.92 Å². The smallest absolute Gasteiger partial charge is 0.160 e. The van der Waals surface area contributed by atoms with Crippen molar-refractivity contribution in [3.8, 4) is 11.5 Å². The number of fused-ring (bicyclic) bond motifs is 1. The van der Waals surface area contributed by atoms with Crippen LogP contribution in [0.3, 0.4) is 0 Å². The minimum absolute atomic E-state index is 0.714. The summed E-state index contributed by atoms with van der Waals surface area (Å²) in [6.45, 7) is 3.33. The van der Waals surface area contributed by atoms with Crippen LogP contribution < -0.4 is 0 Å². The van der Waals surface area contributed by atoms with E-state index in [-0.39, 0.29) is 0 Å². The highest BCUT2D eigenvalue weighted by molar-refractivity contribution is 9.10. The highest BCUT2D eigenvalue weighted by atomic mass is 79.9. The molecule has 0 amide bonds. The lowest BCUT2D eigenvalue weighted by Gasteiger charge is -2.22. The molecule has 0 spiro atoms. The van der Waals surface area contributed by atoms with Crippen molar-refractivity contribution in [2.45, 2.75) is 26.3 Å². The second-order valence-corrected chi connectivity index (χ2v) is 5.39. The fraction of sp³-hybridized carbons (Fsp3) is 0.385. The average molecular weight is 292 g/mol. The van der Waals surface area contributed by atoms with Gasteiger partial charge in [-0.2, -0.15) is 0 Å². The summed E-state index contributed by atoms with van der Waals surface area (Å²) >= 11 is 3.56. The summed E-state index contributed by atoms with van der Waals surface area (Å²) in [6, 6.07) is 5.95. The van der Waals surface area contributed by atoms with Crippen LogP contribution in [0.5, 0.6) is 0 Å². The van der Waals surface area contributed by atoms with Gasteiger partial charge in [0, 0.05) is 12.7 Å². The zero-order valence-electron chi connectivity index (χ0n) is 9.73. The highest BCUT2D eigenvalue weighted by Crippen LogP contribution is 2.31. The molecule has 0 saturated carbocycles. The Hall–Kier alpha value is -1.16. The van der Waals surface area contributed by atoms with Crippen LogP contribution in [0.4, 0.5) is 0 Å². The lowest BCUT2D eigenvalue weighted by Crippen LogP contribution is -2.18. The minimum atomic E-state index is 0.714. The van der Waals surface area contributed by atoms with E-state index in [9.17, 15) is 0 Å². The summed E-state index contributed by atoms with van der Waals surface area (Å²) < 4.78 is 3.28. The van der Waals surface area contributed by atoms with Gasteiger partial charge in [0.2, 0.25) is 0 Å². The van der Waals surface area contributed by atoms with Crippen LogP contribution in [-0.2, 0) is 13.0 Å². The van der Waals surface area contributed by atoms with Crippen LogP contribution in [0.1, 0.15) is 19.0 Å². The number of hydrogen-bond donors (Lipinski definition) is 0. The van der Waals surface area contributed by atoms with E-state index in [0.29, 0.717) is 5.92 Å². The van der Waals surface area contributed by atoms with Crippen molar-refractivity contribution in [3.63, 3.8) is 0 Å². The normalized spacial score (nSPS) is 19.1. The zero-order valence-corrected chi connectivity index (χ0v) is 11.3. The first-order valence-electron chi connectivity index (χ1n) is 5.92. The maximum atomic E-state index is 4.61. The largest absolute Gasteiger partial charge is 0.325 e. The number of nitrogens with zero attached hydrogens (tertiary/aromatic N) is 3. The summed E-state index contributed by atoms with van der Waals surface area (Å²) in [4.78, 5) is 9.01. The summed E-state index contributed by atoms with van der Waals surface area (Å²) in [5.41, 5.74) is 2.26. The lowest BCUT2D eigenvalue weighted by atomic mass is 10.0. The van der Waals surface area contributed by atoms with Gasteiger partial charge >= 0.3 is 0 Å². The molecule has 0 aromatic carbocycles. The highest BCUT2D eigenvalue weighted by Gasteiger charge is 2.23. The SMILES string of the molecule is CC1CCc2c(Br)nc(-c3ccccn3)n2C1.